The van der Waals surface area contributed by atoms with E-state index in [0.29, 0.717) is 17.7 Å². The van der Waals surface area contributed by atoms with E-state index in [1.54, 1.807) is 24.9 Å². The van der Waals surface area contributed by atoms with Crippen molar-refractivity contribution in [2.45, 2.75) is 83.7 Å². The number of aromatic amines is 1. The van der Waals surface area contributed by atoms with Gasteiger partial charge in [-0.2, -0.15) is 17.0 Å². The molecule has 45 heavy (non-hydrogen) atoms. The van der Waals surface area contributed by atoms with Crippen LogP contribution in [0, 0.1) is 18.3 Å². The van der Waals surface area contributed by atoms with Crippen molar-refractivity contribution in [3.63, 3.8) is 0 Å². The van der Waals surface area contributed by atoms with E-state index < -0.39 is 26.0 Å². The van der Waals surface area contributed by atoms with E-state index in [1.807, 2.05) is 0 Å². The molecule has 1 aliphatic heterocycles. The van der Waals surface area contributed by atoms with Crippen molar-refractivity contribution in [2.24, 2.45) is 0 Å². The van der Waals surface area contributed by atoms with Crippen molar-refractivity contribution in [3.05, 3.63) is 92.8 Å². The second-order valence-electron chi connectivity index (χ2n) is 11.8. The van der Waals surface area contributed by atoms with Gasteiger partial charge in [-0.3, -0.25) is 14.3 Å². The third kappa shape index (κ3) is 7.69. The monoisotopic (exact) mass is 648 g/mol. The van der Waals surface area contributed by atoms with Gasteiger partial charge in [0, 0.05) is 41.8 Å². The lowest BCUT2D eigenvalue weighted by atomic mass is 9.98. The summed E-state index contributed by atoms with van der Waals surface area (Å²) in [5.74, 6) is 1.40. The number of H-pyrrole nitrogens is 1. The van der Waals surface area contributed by atoms with Crippen LogP contribution in [0.3, 0.4) is 0 Å². The minimum atomic E-state index is -1.52. The topological polar surface area (TPSA) is 110 Å². The fourth-order valence-electron chi connectivity index (χ4n) is 5.88. The molecule has 0 aliphatic carbocycles. The van der Waals surface area contributed by atoms with Gasteiger partial charge >= 0.3 is 5.69 Å². The molecule has 238 valence electrons. The molecule has 1 aromatic heterocycles. The van der Waals surface area contributed by atoms with Crippen LogP contribution in [0.1, 0.15) is 57.9 Å². The van der Waals surface area contributed by atoms with Gasteiger partial charge in [-0.15, -0.1) is 0 Å². The Balaban J connectivity index is 1.43. The molecule has 1 aliphatic rings. The van der Waals surface area contributed by atoms with E-state index in [-0.39, 0.29) is 37.3 Å². The lowest BCUT2D eigenvalue weighted by Crippen LogP contribution is -2.36. The van der Waals surface area contributed by atoms with Crippen molar-refractivity contribution in [1.29, 1.82) is 5.26 Å². The van der Waals surface area contributed by atoms with Crippen LogP contribution in [0.25, 0.3) is 21.5 Å². The average Bonchev–Trinajstić information content (AvgIpc) is 3.40. The van der Waals surface area contributed by atoms with E-state index in [4.69, 9.17) is 19.0 Å². The standard InChI is InChI=1S/C34H41N4O5PS/c1-22(2)38(23(3)4)44(41-16-10-15-35)43-30-18-32(37-19-24(5)33(39)36-34(37)40)42-31(30)21-45-20-29-27-13-8-6-11-25(27)17-26-12-7-9-14-28(26)29/h6-9,11-14,17,19,22-23,30-32H,10,16,18,20-21H2,1-5H3,(H,36,39,40)/t30-,31+,32+,44?/m0/s1. The van der Waals surface area contributed by atoms with Gasteiger partial charge in [-0.05, 0) is 67.8 Å². The van der Waals surface area contributed by atoms with Gasteiger partial charge in [0.1, 0.15) is 6.23 Å². The molecule has 0 amide bonds. The summed E-state index contributed by atoms with van der Waals surface area (Å²) < 4.78 is 23.2. The maximum atomic E-state index is 12.8. The molecule has 0 radical (unpaired) electrons. The van der Waals surface area contributed by atoms with Gasteiger partial charge in [0.05, 0.1) is 31.3 Å². The zero-order valence-electron chi connectivity index (χ0n) is 26.4. The maximum Gasteiger partial charge on any atom is 0.330 e. The molecule has 4 atom stereocenters. The summed E-state index contributed by atoms with van der Waals surface area (Å²) in [5, 5.41) is 14.0. The minimum absolute atomic E-state index is 0.147. The Bertz CT molecular complexity index is 1720. The summed E-state index contributed by atoms with van der Waals surface area (Å²) >= 11 is 1.77. The van der Waals surface area contributed by atoms with Crippen molar-refractivity contribution in [1.82, 2.24) is 14.2 Å². The van der Waals surface area contributed by atoms with Crippen molar-refractivity contribution in [3.8, 4) is 6.07 Å². The van der Waals surface area contributed by atoms with E-state index in [9.17, 15) is 9.59 Å². The molecule has 4 aromatic rings. The molecule has 3 aromatic carbocycles. The van der Waals surface area contributed by atoms with Crippen LogP contribution in [0.4, 0.5) is 0 Å². The highest BCUT2D eigenvalue weighted by Crippen LogP contribution is 2.50. The van der Waals surface area contributed by atoms with Gasteiger partial charge in [-0.1, -0.05) is 48.5 Å². The number of ether oxygens (including phenoxy) is 1. The Morgan fingerprint density at radius 2 is 1.73 bits per heavy atom. The van der Waals surface area contributed by atoms with Gasteiger partial charge < -0.3 is 13.8 Å². The predicted molar refractivity (Wildman–Crippen MR) is 182 cm³/mol. The van der Waals surface area contributed by atoms with Crippen LogP contribution in [0.2, 0.25) is 0 Å². The zero-order chi connectivity index (χ0) is 32.1. The van der Waals surface area contributed by atoms with Gasteiger partial charge in [0.25, 0.3) is 14.1 Å². The first-order valence-corrected chi connectivity index (χ1v) is 17.7. The van der Waals surface area contributed by atoms with Crippen molar-refractivity contribution in [2.75, 3.05) is 12.4 Å². The fourth-order valence-corrected chi connectivity index (χ4v) is 8.80. The summed E-state index contributed by atoms with van der Waals surface area (Å²) in [6.07, 6.45) is 0.912. The first-order chi connectivity index (χ1) is 21.7. The van der Waals surface area contributed by atoms with Crippen molar-refractivity contribution >= 4 is 41.8 Å². The van der Waals surface area contributed by atoms with E-state index in [2.05, 4.69) is 98.0 Å². The lowest BCUT2D eigenvalue weighted by Gasteiger charge is -2.37. The number of aromatic nitrogens is 2. The largest absolute Gasteiger partial charge is 0.351 e. The highest BCUT2D eigenvalue weighted by Gasteiger charge is 2.41. The predicted octanol–water partition coefficient (Wildman–Crippen LogP) is 7.03. The van der Waals surface area contributed by atoms with E-state index in [1.165, 1.54) is 31.7 Å². The molecule has 0 bridgehead atoms. The van der Waals surface area contributed by atoms with Crippen molar-refractivity contribution < 1.29 is 13.8 Å². The van der Waals surface area contributed by atoms with Crippen LogP contribution in [0.5, 0.6) is 0 Å². The molecule has 9 nitrogen and oxygen atoms in total. The molecule has 2 heterocycles. The van der Waals surface area contributed by atoms with Crippen LogP contribution in [-0.2, 0) is 19.5 Å². The normalized spacial score (nSPS) is 19.2. The first kappa shape index (κ1) is 33.3. The highest BCUT2D eigenvalue weighted by molar-refractivity contribution is 7.98. The van der Waals surface area contributed by atoms with Gasteiger partial charge in [0.2, 0.25) is 0 Å². The SMILES string of the molecule is Cc1cn([C@H]2C[C@H](OP(OCCC#N)N(C(C)C)C(C)C)[C@@H](CSCc3c4ccccc4cc4ccccc34)O2)c(=O)[nH]c1=O. The number of rotatable bonds is 13. The average molecular weight is 649 g/mol. The molecule has 0 spiro atoms. The smallest absolute Gasteiger partial charge is 0.330 e. The third-order valence-corrected chi connectivity index (χ3v) is 11.1. The van der Waals surface area contributed by atoms with Crippen LogP contribution >= 0.6 is 20.3 Å². The Kier molecular flexibility index (Phi) is 11.1. The Labute approximate surface area is 269 Å². The van der Waals surface area contributed by atoms with E-state index in [0.717, 1.165) is 5.75 Å². The number of nitriles is 1. The molecule has 1 N–H and O–H groups in total. The van der Waals surface area contributed by atoms with Crippen LogP contribution < -0.4 is 11.2 Å². The summed E-state index contributed by atoms with van der Waals surface area (Å²) in [5.41, 5.74) is 0.795. The summed E-state index contributed by atoms with van der Waals surface area (Å²) in [6, 6.07) is 21.6. The number of fused-ring (bicyclic) bond motifs is 2. The van der Waals surface area contributed by atoms with Gasteiger partial charge in [0.15, 0.2) is 0 Å². The number of hydrogen-bond donors (Lipinski definition) is 1. The first-order valence-electron chi connectivity index (χ1n) is 15.4. The number of nitrogens with zero attached hydrogens (tertiary/aromatic N) is 3. The number of benzene rings is 3. The molecule has 11 heteroatoms. The number of thioether (sulfide) groups is 1. The maximum absolute atomic E-state index is 12.8. The number of hydrogen-bond acceptors (Lipinski definition) is 8. The summed E-state index contributed by atoms with van der Waals surface area (Å²) in [6.45, 7) is 10.3. The zero-order valence-corrected chi connectivity index (χ0v) is 28.1. The van der Waals surface area contributed by atoms with Crippen LogP contribution in [0.15, 0.2) is 70.4 Å². The molecule has 1 saturated heterocycles. The van der Waals surface area contributed by atoms with Gasteiger partial charge in [-0.25, -0.2) is 9.46 Å². The highest BCUT2D eigenvalue weighted by atomic mass is 32.2. The van der Waals surface area contributed by atoms with E-state index >= 15 is 0 Å². The fraction of sp³-hybridized carbons (Fsp3) is 0.441. The summed E-state index contributed by atoms with van der Waals surface area (Å²) in [4.78, 5) is 27.3. The minimum Gasteiger partial charge on any atom is -0.351 e. The molecule has 1 unspecified atom stereocenters. The molecule has 5 rings (SSSR count). The quantitative estimate of drug-likeness (QED) is 0.0935. The summed E-state index contributed by atoms with van der Waals surface area (Å²) in [7, 11) is -1.52. The molecule has 1 fully saturated rings. The molecular formula is C34H41N4O5PS. The second kappa shape index (κ2) is 15.0. The number of aryl methyl sites for hydroxylation is 1. The lowest BCUT2D eigenvalue weighted by molar-refractivity contribution is -0.00636. The third-order valence-electron chi connectivity index (χ3n) is 7.94. The molecular weight excluding hydrogens is 607 g/mol. The Morgan fingerprint density at radius 1 is 1.09 bits per heavy atom. The Hall–Kier alpha value is -3.03. The second-order valence-corrected chi connectivity index (χ2v) is 14.3. The Morgan fingerprint density at radius 3 is 2.36 bits per heavy atom. The molecule has 0 saturated carbocycles. The van der Waals surface area contributed by atoms with Crippen LogP contribution in [-0.4, -0.2) is 50.9 Å². The number of nitrogens with one attached hydrogen (secondary N) is 1.